The first-order chi connectivity index (χ1) is 22.1. The molecule has 2 bridgehead atoms. The number of benzene rings is 1. The molecule has 1 heterocycles. The molecular formula is C36H44O11. The number of ether oxygens (including phenoxy) is 6. The lowest BCUT2D eigenvalue weighted by atomic mass is 9.55. The average Bonchev–Trinajstić information content (AvgIpc) is 3.45. The fourth-order valence-corrected chi connectivity index (χ4v) is 8.99. The van der Waals surface area contributed by atoms with Crippen LogP contribution in [0.15, 0.2) is 54.6 Å². The Kier molecular flexibility index (Phi) is 9.18. The molecule has 3 fully saturated rings. The number of carbonyl (C=O) groups is 5. The summed E-state index contributed by atoms with van der Waals surface area (Å²) in [5.41, 5.74) is -3.37. The first-order valence-corrected chi connectivity index (χ1v) is 16.1. The van der Waals surface area contributed by atoms with E-state index in [1.807, 2.05) is 19.9 Å². The minimum absolute atomic E-state index is 0.0640. The number of rotatable bonds is 8. The van der Waals surface area contributed by atoms with E-state index in [4.69, 9.17) is 28.4 Å². The quantitative estimate of drug-likeness (QED) is 0.222. The minimum atomic E-state index is -1.68. The second kappa shape index (κ2) is 12.6. The number of allylic oxidation sites excluding steroid dienone is 2. The van der Waals surface area contributed by atoms with E-state index in [0.717, 1.165) is 5.57 Å². The van der Waals surface area contributed by atoms with Gasteiger partial charge in [0.1, 0.15) is 23.9 Å². The number of esters is 5. The summed E-state index contributed by atoms with van der Waals surface area (Å²) in [5, 5.41) is 0. The van der Waals surface area contributed by atoms with Crippen LogP contribution in [-0.4, -0.2) is 72.1 Å². The average molecular weight is 653 g/mol. The predicted molar refractivity (Wildman–Crippen MR) is 166 cm³/mol. The van der Waals surface area contributed by atoms with Gasteiger partial charge in [0, 0.05) is 39.0 Å². The molecular weight excluding hydrogens is 608 g/mol. The Balaban J connectivity index is 1.85. The van der Waals surface area contributed by atoms with Gasteiger partial charge in [0.2, 0.25) is 0 Å². The Hall–Kier alpha value is -3.99. The molecule has 5 rings (SSSR count). The number of hydrogen-bond donors (Lipinski definition) is 0. The molecule has 0 amide bonds. The molecule has 4 aliphatic rings. The van der Waals surface area contributed by atoms with Crippen molar-refractivity contribution in [2.24, 2.45) is 29.1 Å². The van der Waals surface area contributed by atoms with E-state index < -0.39 is 94.6 Å². The molecule has 47 heavy (non-hydrogen) atoms. The van der Waals surface area contributed by atoms with Crippen molar-refractivity contribution in [3.63, 3.8) is 0 Å². The molecule has 0 spiro atoms. The zero-order valence-electron chi connectivity index (χ0n) is 28.0. The second-order valence-electron chi connectivity index (χ2n) is 13.6. The zero-order chi connectivity index (χ0) is 34.5. The van der Waals surface area contributed by atoms with Gasteiger partial charge >= 0.3 is 29.8 Å². The largest absolute Gasteiger partial charge is 0.461 e. The summed E-state index contributed by atoms with van der Waals surface area (Å²) < 4.78 is 38.0. The Morgan fingerprint density at radius 2 is 1.57 bits per heavy atom. The van der Waals surface area contributed by atoms with Gasteiger partial charge in [-0.25, -0.2) is 4.79 Å². The van der Waals surface area contributed by atoms with Crippen molar-refractivity contribution in [3.05, 3.63) is 60.2 Å². The van der Waals surface area contributed by atoms with Gasteiger partial charge in [-0.15, -0.1) is 0 Å². The highest BCUT2D eigenvalue weighted by molar-refractivity contribution is 5.89. The Morgan fingerprint density at radius 3 is 2.15 bits per heavy atom. The van der Waals surface area contributed by atoms with Crippen molar-refractivity contribution in [3.8, 4) is 0 Å². The normalized spacial score (nSPS) is 38.2. The van der Waals surface area contributed by atoms with Gasteiger partial charge in [-0.3, -0.25) is 19.2 Å². The van der Waals surface area contributed by atoms with Gasteiger partial charge in [0.25, 0.3) is 0 Å². The van der Waals surface area contributed by atoms with E-state index in [-0.39, 0.29) is 19.4 Å². The minimum Gasteiger partial charge on any atom is -0.461 e. The SMILES string of the molecule is C=C(C)[C@H]1C=C[C@@H](OC(=O)c2ccccc2)[C@@]23CO[C@@](C)([C@H](OC(C)=O)[C@@]4(OC(C)=O)C[C@H](C)[C@H](OC(=O)CC)[C@@H]4[C@H]2OC(C)=O)[C@H]13. The topological polar surface area (TPSA) is 141 Å². The van der Waals surface area contributed by atoms with Crippen molar-refractivity contribution >= 4 is 29.8 Å². The lowest BCUT2D eigenvalue weighted by Crippen LogP contribution is -2.64. The molecule has 1 aromatic carbocycles. The van der Waals surface area contributed by atoms with E-state index in [0.29, 0.717) is 5.56 Å². The molecule has 3 aliphatic carbocycles. The first kappa shape index (κ1) is 34.3. The summed E-state index contributed by atoms with van der Waals surface area (Å²) in [6.07, 6.45) is -0.647. The maximum absolute atomic E-state index is 13.7. The Labute approximate surface area is 274 Å². The molecule has 11 nitrogen and oxygen atoms in total. The molecule has 0 unspecified atom stereocenters. The fraction of sp³-hybridized carbons (Fsp3) is 0.583. The maximum atomic E-state index is 13.7. The third-order valence-electron chi connectivity index (χ3n) is 10.4. The number of fused-ring (bicyclic) bond motifs is 1. The lowest BCUT2D eigenvalue weighted by molar-refractivity contribution is -0.246. The molecule has 0 radical (unpaired) electrons. The van der Waals surface area contributed by atoms with Crippen LogP contribution in [0.3, 0.4) is 0 Å². The van der Waals surface area contributed by atoms with Crippen molar-refractivity contribution in [1.82, 2.24) is 0 Å². The Bertz CT molecular complexity index is 1480. The van der Waals surface area contributed by atoms with Crippen LogP contribution in [-0.2, 0) is 47.6 Å². The molecule has 0 aromatic heterocycles. The van der Waals surface area contributed by atoms with Crippen LogP contribution in [0.5, 0.6) is 0 Å². The number of hydrogen-bond acceptors (Lipinski definition) is 11. The summed E-state index contributed by atoms with van der Waals surface area (Å²) >= 11 is 0. The van der Waals surface area contributed by atoms with Crippen molar-refractivity contribution < 1.29 is 52.4 Å². The van der Waals surface area contributed by atoms with Crippen LogP contribution in [0.4, 0.5) is 0 Å². The van der Waals surface area contributed by atoms with Gasteiger partial charge in [-0.1, -0.05) is 50.3 Å². The molecule has 1 aromatic rings. The zero-order valence-corrected chi connectivity index (χ0v) is 28.0. The van der Waals surface area contributed by atoms with Crippen LogP contribution in [0.25, 0.3) is 0 Å². The van der Waals surface area contributed by atoms with Crippen molar-refractivity contribution in [2.45, 2.75) is 96.9 Å². The molecule has 11 atom stereocenters. The summed E-state index contributed by atoms with van der Waals surface area (Å²) in [7, 11) is 0. The molecule has 1 saturated heterocycles. The monoisotopic (exact) mass is 652 g/mol. The Morgan fingerprint density at radius 1 is 0.915 bits per heavy atom. The third kappa shape index (κ3) is 5.56. The first-order valence-electron chi connectivity index (χ1n) is 16.1. The van der Waals surface area contributed by atoms with Crippen LogP contribution in [0.2, 0.25) is 0 Å². The van der Waals surface area contributed by atoms with E-state index >= 15 is 0 Å². The maximum Gasteiger partial charge on any atom is 0.338 e. The third-order valence-corrected chi connectivity index (χ3v) is 10.4. The molecule has 0 N–H and O–H groups in total. The van der Waals surface area contributed by atoms with Crippen molar-refractivity contribution in [2.75, 3.05) is 6.61 Å². The predicted octanol–water partition coefficient (Wildman–Crippen LogP) is 4.52. The van der Waals surface area contributed by atoms with Crippen LogP contribution in [0.1, 0.15) is 71.7 Å². The van der Waals surface area contributed by atoms with Crippen LogP contribution >= 0.6 is 0 Å². The summed E-state index contributed by atoms with van der Waals surface area (Å²) in [5.74, 6) is -5.72. The van der Waals surface area contributed by atoms with Crippen molar-refractivity contribution in [1.29, 1.82) is 0 Å². The highest BCUT2D eigenvalue weighted by atomic mass is 16.6. The van der Waals surface area contributed by atoms with Crippen LogP contribution < -0.4 is 0 Å². The summed E-state index contributed by atoms with van der Waals surface area (Å²) in [6, 6.07) is 8.49. The standard InChI is InChI=1S/C36H44O11/c1-9-27(40)46-29-20(4)17-36(47-23(7)39)28(29)31(43-21(5)37)35-18-42-34(8,33(36)44-22(6)38)30(35)25(19(2)3)15-16-26(35)45-32(41)24-13-11-10-12-14-24/h10-16,20,25-26,28-31,33H,2,9,17-18H2,1,3-8H3/t20-,25+,26+,28+,29-,30-,31+,33-,34+,35+,36+/m0/s1. The van der Waals surface area contributed by atoms with Gasteiger partial charge in [-0.05, 0) is 44.4 Å². The molecule has 1 aliphatic heterocycles. The number of carbonyl (C=O) groups excluding carboxylic acids is 5. The summed E-state index contributed by atoms with van der Waals surface area (Å²) in [4.78, 5) is 65.8. The van der Waals surface area contributed by atoms with Gasteiger partial charge in [0.15, 0.2) is 11.7 Å². The molecule has 2 saturated carbocycles. The van der Waals surface area contributed by atoms with E-state index in [2.05, 4.69) is 6.58 Å². The van der Waals surface area contributed by atoms with Gasteiger partial charge < -0.3 is 28.4 Å². The fourth-order valence-electron chi connectivity index (χ4n) is 8.99. The van der Waals surface area contributed by atoms with Gasteiger partial charge in [-0.2, -0.15) is 0 Å². The van der Waals surface area contributed by atoms with E-state index in [9.17, 15) is 24.0 Å². The van der Waals surface area contributed by atoms with E-state index in [1.165, 1.54) is 20.8 Å². The second-order valence-corrected chi connectivity index (χ2v) is 13.6. The highest BCUT2D eigenvalue weighted by Gasteiger charge is 2.82. The highest BCUT2D eigenvalue weighted by Crippen LogP contribution is 2.68. The smallest absolute Gasteiger partial charge is 0.338 e. The van der Waals surface area contributed by atoms with E-state index in [1.54, 1.807) is 50.3 Å². The summed E-state index contributed by atoms with van der Waals surface area (Å²) in [6.45, 7) is 15.1. The lowest BCUT2D eigenvalue weighted by Gasteiger charge is -2.51. The molecule has 11 heteroatoms. The molecule has 254 valence electrons. The van der Waals surface area contributed by atoms with Crippen LogP contribution in [0, 0.1) is 29.1 Å². The van der Waals surface area contributed by atoms with Gasteiger partial charge in [0.05, 0.1) is 23.5 Å².